The van der Waals surface area contributed by atoms with E-state index in [0.717, 1.165) is 25.2 Å². The molecule has 3 rings (SSSR count). The highest BCUT2D eigenvalue weighted by atomic mass is 35.5. The first kappa shape index (κ1) is 22.0. The number of methoxy groups -OCH3 is 2. The number of halogens is 1. The molecule has 30 heavy (non-hydrogen) atoms. The van der Waals surface area contributed by atoms with E-state index in [2.05, 4.69) is 4.90 Å². The predicted octanol–water partition coefficient (Wildman–Crippen LogP) is 3.59. The number of rotatable bonds is 8. The molecule has 0 bridgehead atoms. The van der Waals surface area contributed by atoms with E-state index < -0.39 is 0 Å². The van der Waals surface area contributed by atoms with Gasteiger partial charge in [0.2, 0.25) is 5.91 Å². The molecule has 1 saturated heterocycles. The SMILES string of the molecule is COc1ccc(/C=C/C(=O)N2CCN(CCOc3ccccc3Cl)CC2)c(OC)c1. The van der Waals surface area contributed by atoms with E-state index in [-0.39, 0.29) is 5.91 Å². The Morgan fingerprint density at radius 2 is 1.80 bits per heavy atom. The van der Waals surface area contributed by atoms with Gasteiger partial charge >= 0.3 is 0 Å². The highest BCUT2D eigenvalue weighted by molar-refractivity contribution is 6.32. The number of piperazine rings is 1. The van der Waals surface area contributed by atoms with E-state index in [9.17, 15) is 4.79 Å². The Morgan fingerprint density at radius 3 is 2.50 bits per heavy atom. The largest absolute Gasteiger partial charge is 0.497 e. The van der Waals surface area contributed by atoms with Gasteiger partial charge in [-0.15, -0.1) is 0 Å². The molecule has 1 heterocycles. The second-order valence-electron chi connectivity index (χ2n) is 6.89. The number of benzene rings is 2. The summed E-state index contributed by atoms with van der Waals surface area (Å²) in [6, 6.07) is 13.0. The van der Waals surface area contributed by atoms with Crippen LogP contribution < -0.4 is 14.2 Å². The van der Waals surface area contributed by atoms with Gasteiger partial charge in [0.15, 0.2) is 0 Å². The molecular weight excluding hydrogens is 404 g/mol. The highest BCUT2D eigenvalue weighted by Crippen LogP contribution is 2.26. The van der Waals surface area contributed by atoms with Crippen molar-refractivity contribution >= 4 is 23.6 Å². The average molecular weight is 431 g/mol. The van der Waals surface area contributed by atoms with E-state index in [1.165, 1.54) is 0 Å². The fourth-order valence-electron chi connectivity index (χ4n) is 3.26. The second kappa shape index (κ2) is 10.9. The lowest BCUT2D eigenvalue weighted by atomic mass is 10.1. The summed E-state index contributed by atoms with van der Waals surface area (Å²) < 4.78 is 16.3. The highest BCUT2D eigenvalue weighted by Gasteiger charge is 2.19. The molecule has 0 N–H and O–H groups in total. The summed E-state index contributed by atoms with van der Waals surface area (Å²) in [5.41, 5.74) is 0.835. The summed E-state index contributed by atoms with van der Waals surface area (Å²) in [6.07, 6.45) is 3.38. The minimum absolute atomic E-state index is 0.000150. The van der Waals surface area contributed by atoms with E-state index in [1.54, 1.807) is 32.4 Å². The quantitative estimate of drug-likeness (QED) is 0.599. The van der Waals surface area contributed by atoms with E-state index in [4.69, 9.17) is 25.8 Å². The number of amides is 1. The topological polar surface area (TPSA) is 51.2 Å². The van der Waals surface area contributed by atoms with Gasteiger partial charge in [0.1, 0.15) is 23.9 Å². The molecule has 0 aliphatic carbocycles. The van der Waals surface area contributed by atoms with Gasteiger partial charge in [-0.1, -0.05) is 23.7 Å². The van der Waals surface area contributed by atoms with Crippen LogP contribution in [-0.4, -0.2) is 69.3 Å². The number of hydrogen-bond acceptors (Lipinski definition) is 5. The third-order valence-corrected chi connectivity index (χ3v) is 5.34. The number of hydrogen-bond donors (Lipinski definition) is 0. The molecule has 160 valence electrons. The maximum atomic E-state index is 12.6. The average Bonchev–Trinajstić information content (AvgIpc) is 2.79. The lowest BCUT2D eigenvalue weighted by molar-refractivity contribution is -0.127. The minimum atomic E-state index is -0.000150. The summed E-state index contributed by atoms with van der Waals surface area (Å²) in [5.74, 6) is 2.08. The van der Waals surface area contributed by atoms with Gasteiger partial charge < -0.3 is 19.1 Å². The van der Waals surface area contributed by atoms with Crippen molar-refractivity contribution < 1.29 is 19.0 Å². The predicted molar refractivity (Wildman–Crippen MR) is 119 cm³/mol. The molecule has 0 spiro atoms. The molecule has 2 aromatic carbocycles. The number of para-hydroxylation sites is 1. The van der Waals surface area contributed by atoms with Gasteiger partial charge in [-0.3, -0.25) is 9.69 Å². The normalized spacial score (nSPS) is 14.7. The third kappa shape index (κ3) is 5.90. The molecule has 7 heteroatoms. The number of nitrogens with zero attached hydrogens (tertiary/aromatic N) is 2. The minimum Gasteiger partial charge on any atom is -0.497 e. The lowest BCUT2D eigenvalue weighted by Crippen LogP contribution is -2.49. The molecule has 0 radical (unpaired) electrons. The Kier molecular flexibility index (Phi) is 7.99. The molecule has 0 aromatic heterocycles. The van der Waals surface area contributed by atoms with Gasteiger partial charge in [0.25, 0.3) is 0 Å². The Bertz CT molecular complexity index is 879. The molecule has 2 aromatic rings. The first-order valence-corrected chi connectivity index (χ1v) is 10.3. The number of carbonyl (C=O) groups excluding carboxylic acids is 1. The Hall–Kier alpha value is -2.70. The van der Waals surface area contributed by atoms with E-state index >= 15 is 0 Å². The second-order valence-corrected chi connectivity index (χ2v) is 7.29. The maximum Gasteiger partial charge on any atom is 0.246 e. The van der Waals surface area contributed by atoms with Gasteiger partial charge in [-0.25, -0.2) is 0 Å². The van der Waals surface area contributed by atoms with Crippen molar-refractivity contribution in [3.05, 3.63) is 59.1 Å². The van der Waals surface area contributed by atoms with Gasteiger partial charge in [-0.2, -0.15) is 0 Å². The molecular formula is C23H27ClN2O4. The van der Waals surface area contributed by atoms with Crippen molar-refractivity contribution in [1.82, 2.24) is 9.80 Å². The van der Waals surface area contributed by atoms with Crippen LogP contribution in [-0.2, 0) is 4.79 Å². The van der Waals surface area contributed by atoms with Gasteiger partial charge in [-0.05, 0) is 30.3 Å². The lowest BCUT2D eigenvalue weighted by Gasteiger charge is -2.34. The van der Waals surface area contributed by atoms with Crippen molar-refractivity contribution in [1.29, 1.82) is 0 Å². The van der Waals surface area contributed by atoms with Crippen LogP contribution in [0.15, 0.2) is 48.5 Å². The van der Waals surface area contributed by atoms with E-state index in [1.807, 2.05) is 41.3 Å². The van der Waals surface area contributed by atoms with Gasteiger partial charge in [0, 0.05) is 50.4 Å². The molecule has 0 atom stereocenters. The van der Waals surface area contributed by atoms with Crippen LogP contribution in [0.5, 0.6) is 17.2 Å². The van der Waals surface area contributed by atoms with Crippen molar-refractivity contribution in [3.8, 4) is 17.2 Å². The van der Waals surface area contributed by atoms with Crippen LogP contribution in [0.1, 0.15) is 5.56 Å². The van der Waals surface area contributed by atoms with Crippen LogP contribution in [0, 0.1) is 0 Å². The molecule has 1 aliphatic heterocycles. The van der Waals surface area contributed by atoms with Crippen LogP contribution in [0.2, 0.25) is 5.02 Å². The Labute approximate surface area is 182 Å². The zero-order chi connectivity index (χ0) is 21.3. The smallest absolute Gasteiger partial charge is 0.246 e. The first-order chi connectivity index (χ1) is 14.6. The monoisotopic (exact) mass is 430 g/mol. The molecule has 1 fully saturated rings. The fraction of sp³-hybridized carbons (Fsp3) is 0.348. The maximum absolute atomic E-state index is 12.6. The first-order valence-electron chi connectivity index (χ1n) is 9.89. The summed E-state index contributed by atoms with van der Waals surface area (Å²) in [4.78, 5) is 16.7. The van der Waals surface area contributed by atoms with Gasteiger partial charge in [0.05, 0.1) is 19.2 Å². The molecule has 6 nitrogen and oxygen atoms in total. The van der Waals surface area contributed by atoms with Crippen LogP contribution in [0.4, 0.5) is 0 Å². The summed E-state index contributed by atoms with van der Waals surface area (Å²) >= 11 is 6.10. The van der Waals surface area contributed by atoms with Crippen molar-refractivity contribution in [2.75, 3.05) is 53.6 Å². The van der Waals surface area contributed by atoms with Crippen molar-refractivity contribution in [2.45, 2.75) is 0 Å². The van der Waals surface area contributed by atoms with Crippen molar-refractivity contribution in [2.24, 2.45) is 0 Å². The molecule has 0 unspecified atom stereocenters. The van der Waals surface area contributed by atoms with Crippen LogP contribution in [0.3, 0.4) is 0 Å². The molecule has 0 saturated carbocycles. The zero-order valence-electron chi connectivity index (χ0n) is 17.3. The standard InChI is InChI=1S/C23H27ClN2O4/c1-28-19-9-7-18(22(17-19)29-2)8-10-23(27)26-13-11-25(12-14-26)15-16-30-21-6-4-3-5-20(21)24/h3-10,17H,11-16H2,1-2H3/b10-8+. The van der Waals surface area contributed by atoms with E-state index in [0.29, 0.717) is 42.0 Å². The molecule has 1 amide bonds. The Balaban J connectivity index is 1.45. The summed E-state index contributed by atoms with van der Waals surface area (Å²) in [6.45, 7) is 4.37. The zero-order valence-corrected chi connectivity index (χ0v) is 18.1. The van der Waals surface area contributed by atoms with Crippen LogP contribution >= 0.6 is 11.6 Å². The fourth-order valence-corrected chi connectivity index (χ4v) is 3.45. The Morgan fingerprint density at radius 1 is 1.03 bits per heavy atom. The molecule has 1 aliphatic rings. The van der Waals surface area contributed by atoms with Crippen LogP contribution in [0.25, 0.3) is 6.08 Å². The number of ether oxygens (including phenoxy) is 3. The van der Waals surface area contributed by atoms with Crippen molar-refractivity contribution in [3.63, 3.8) is 0 Å². The third-order valence-electron chi connectivity index (χ3n) is 5.03. The summed E-state index contributed by atoms with van der Waals surface area (Å²) in [7, 11) is 3.21. The number of carbonyl (C=O) groups is 1. The summed E-state index contributed by atoms with van der Waals surface area (Å²) in [5, 5.41) is 0.619.